The van der Waals surface area contributed by atoms with E-state index in [0.717, 1.165) is 48.1 Å². The number of amides is 1. The van der Waals surface area contributed by atoms with E-state index in [2.05, 4.69) is 39.7 Å². The minimum Gasteiger partial charge on any atom is -0.332 e. The Hall–Kier alpha value is -2.19. The summed E-state index contributed by atoms with van der Waals surface area (Å²) < 4.78 is 39.1. The van der Waals surface area contributed by atoms with Crippen LogP contribution in [0.3, 0.4) is 0 Å². The Labute approximate surface area is 195 Å². The van der Waals surface area contributed by atoms with Gasteiger partial charge in [0.05, 0.1) is 5.56 Å². The average molecular weight is 510 g/mol. The van der Waals surface area contributed by atoms with Crippen LogP contribution < -0.4 is 0 Å². The lowest BCUT2D eigenvalue weighted by atomic mass is 10.0. The first-order chi connectivity index (χ1) is 15.1. The number of benzene rings is 1. The third-order valence-electron chi connectivity index (χ3n) is 5.72. The van der Waals surface area contributed by atoms with Crippen molar-refractivity contribution in [1.82, 2.24) is 14.8 Å². The van der Waals surface area contributed by atoms with Crippen molar-refractivity contribution in [3.05, 3.63) is 70.0 Å². The van der Waals surface area contributed by atoms with E-state index in [9.17, 15) is 18.0 Å². The second kappa shape index (κ2) is 10.6. The lowest BCUT2D eigenvalue weighted by Crippen LogP contribution is -2.48. The molecule has 1 fully saturated rings. The first-order valence-corrected chi connectivity index (χ1v) is 11.4. The van der Waals surface area contributed by atoms with Crippen LogP contribution in [0.1, 0.15) is 43.4 Å². The zero-order valence-corrected chi connectivity index (χ0v) is 19.7. The smallest absolute Gasteiger partial charge is 0.332 e. The lowest BCUT2D eigenvalue weighted by Gasteiger charge is -2.39. The summed E-state index contributed by atoms with van der Waals surface area (Å²) in [6.45, 7) is 6.61. The number of rotatable bonds is 6. The Morgan fingerprint density at radius 1 is 1.22 bits per heavy atom. The largest absolute Gasteiger partial charge is 0.416 e. The van der Waals surface area contributed by atoms with Crippen LogP contribution in [0.25, 0.3) is 6.08 Å². The molecule has 1 aliphatic heterocycles. The molecule has 4 nitrogen and oxygen atoms in total. The fourth-order valence-corrected chi connectivity index (χ4v) is 4.30. The Kier molecular flexibility index (Phi) is 8.11. The molecule has 0 unspecified atom stereocenters. The van der Waals surface area contributed by atoms with Crippen LogP contribution in [0.4, 0.5) is 13.2 Å². The third kappa shape index (κ3) is 6.65. The highest BCUT2D eigenvalue weighted by Crippen LogP contribution is 2.29. The molecule has 0 saturated carbocycles. The summed E-state index contributed by atoms with van der Waals surface area (Å²) in [5, 5.41) is 0. The molecule has 0 spiro atoms. The summed E-state index contributed by atoms with van der Waals surface area (Å²) in [6, 6.07) is 7.29. The van der Waals surface area contributed by atoms with Crippen LogP contribution >= 0.6 is 15.9 Å². The minimum atomic E-state index is -4.38. The first-order valence-electron chi connectivity index (χ1n) is 10.6. The Balaban J connectivity index is 1.76. The van der Waals surface area contributed by atoms with E-state index in [1.807, 2.05) is 11.0 Å². The number of pyridine rings is 1. The molecule has 1 saturated heterocycles. The summed E-state index contributed by atoms with van der Waals surface area (Å²) in [5.74, 6) is -0.159. The second-order valence-corrected chi connectivity index (χ2v) is 9.21. The van der Waals surface area contributed by atoms with Gasteiger partial charge in [-0.15, -0.1) is 0 Å². The Bertz CT molecular complexity index is 936. The maximum atomic E-state index is 13.2. The van der Waals surface area contributed by atoms with Gasteiger partial charge in [0, 0.05) is 54.7 Å². The van der Waals surface area contributed by atoms with Crippen molar-refractivity contribution in [1.29, 1.82) is 0 Å². The van der Waals surface area contributed by atoms with Gasteiger partial charge in [-0.3, -0.25) is 9.78 Å². The molecule has 0 aliphatic carbocycles. The van der Waals surface area contributed by atoms with Crippen LogP contribution in [0.15, 0.2) is 53.3 Å². The summed E-state index contributed by atoms with van der Waals surface area (Å²) in [6.07, 6.45) is 3.83. The average Bonchev–Trinajstić information content (AvgIpc) is 2.75. The number of carbonyl (C=O) groups is 1. The fourth-order valence-electron chi connectivity index (χ4n) is 3.89. The normalized spacial score (nSPS) is 16.1. The predicted octanol–water partition coefficient (Wildman–Crippen LogP) is 5.78. The van der Waals surface area contributed by atoms with Crippen molar-refractivity contribution >= 4 is 27.9 Å². The maximum absolute atomic E-state index is 13.2. The second-order valence-electron chi connectivity index (χ2n) is 8.29. The maximum Gasteiger partial charge on any atom is 0.416 e. The van der Waals surface area contributed by atoms with Gasteiger partial charge in [-0.25, -0.2) is 0 Å². The topological polar surface area (TPSA) is 36.4 Å². The van der Waals surface area contributed by atoms with Crippen molar-refractivity contribution < 1.29 is 18.0 Å². The van der Waals surface area contributed by atoms with Crippen LogP contribution in [-0.2, 0) is 17.5 Å². The molecule has 0 N–H and O–H groups in total. The van der Waals surface area contributed by atoms with Gasteiger partial charge < -0.3 is 9.80 Å². The molecule has 2 aromatic rings. The van der Waals surface area contributed by atoms with E-state index in [1.165, 1.54) is 18.2 Å². The number of halogens is 4. The molecule has 32 heavy (non-hydrogen) atoms. The van der Waals surface area contributed by atoms with E-state index in [0.29, 0.717) is 18.2 Å². The number of carbonyl (C=O) groups excluding carboxylic acids is 1. The standard InChI is InChI=1S/C24H27BrF3N3O/c1-17(2)30-11-9-22(10-12-30)31(16-19-13-21(25)15-29-14-19)23(32)8-5-18-3-6-20(7-4-18)24(26,27)28/h3-8,13-15,17,22H,9-12,16H2,1-2H3/b8-5+. The fraction of sp³-hybridized carbons (Fsp3) is 0.417. The molecule has 0 atom stereocenters. The molecule has 172 valence electrons. The van der Waals surface area contributed by atoms with E-state index in [-0.39, 0.29) is 11.9 Å². The number of hydrogen-bond donors (Lipinski definition) is 0. The molecule has 2 heterocycles. The van der Waals surface area contributed by atoms with E-state index in [1.54, 1.807) is 18.5 Å². The van der Waals surface area contributed by atoms with Gasteiger partial charge in [0.1, 0.15) is 0 Å². The number of alkyl halides is 3. The SMILES string of the molecule is CC(C)N1CCC(N(Cc2cncc(Br)c2)C(=O)/C=C/c2ccc(C(F)(F)F)cc2)CC1. The molecule has 3 rings (SSSR count). The van der Waals surface area contributed by atoms with Gasteiger partial charge in [0.15, 0.2) is 0 Å². The number of likely N-dealkylation sites (tertiary alicyclic amines) is 1. The van der Waals surface area contributed by atoms with E-state index >= 15 is 0 Å². The van der Waals surface area contributed by atoms with Crippen LogP contribution in [0, 0.1) is 0 Å². The molecular weight excluding hydrogens is 483 g/mol. The monoisotopic (exact) mass is 509 g/mol. The third-order valence-corrected chi connectivity index (χ3v) is 6.16. The summed E-state index contributed by atoms with van der Waals surface area (Å²) in [5.41, 5.74) is 0.758. The molecule has 1 aliphatic rings. The van der Waals surface area contributed by atoms with Crippen LogP contribution in [0.5, 0.6) is 0 Å². The zero-order chi connectivity index (χ0) is 23.3. The van der Waals surface area contributed by atoms with Crippen LogP contribution in [0.2, 0.25) is 0 Å². The molecule has 0 radical (unpaired) electrons. The van der Waals surface area contributed by atoms with Gasteiger partial charge in [0.2, 0.25) is 5.91 Å². The molecule has 8 heteroatoms. The molecular formula is C24H27BrF3N3O. The van der Waals surface area contributed by atoms with Gasteiger partial charge in [-0.1, -0.05) is 12.1 Å². The highest BCUT2D eigenvalue weighted by Gasteiger charge is 2.30. The van der Waals surface area contributed by atoms with Crippen LogP contribution in [-0.4, -0.2) is 45.9 Å². The number of piperidine rings is 1. The number of aromatic nitrogens is 1. The number of hydrogen-bond acceptors (Lipinski definition) is 3. The summed E-state index contributed by atoms with van der Waals surface area (Å²) >= 11 is 3.42. The molecule has 1 amide bonds. The van der Waals surface area contributed by atoms with Crippen molar-refractivity contribution in [2.75, 3.05) is 13.1 Å². The highest BCUT2D eigenvalue weighted by molar-refractivity contribution is 9.10. The predicted molar refractivity (Wildman–Crippen MR) is 123 cm³/mol. The Morgan fingerprint density at radius 3 is 2.44 bits per heavy atom. The zero-order valence-electron chi connectivity index (χ0n) is 18.1. The quantitative estimate of drug-likeness (QED) is 0.463. The molecule has 0 bridgehead atoms. The highest BCUT2D eigenvalue weighted by atomic mass is 79.9. The number of nitrogens with zero attached hydrogens (tertiary/aromatic N) is 3. The minimum absolute atomic E-state index is 0.0914. The lowest BCUT2D eigenvalue weighted by molar-refractivity contribution is -0.137. The summed E-state index contributed by atoms with van der Waals surface area (Å²) in [4.78, 5) is 21.6. The van der Waals surface area contributed by atoms with Gasteiger partial charge in [0.25, 0.3) is 0 Å². The van der Waals surface area contributed by atoms with Crippen molar-refractivity contribution in [2.45, 2.75) is 51.5 Å². The van der Waals surface area contributed by atoms with E-state index < -0.39 is 11.7 Å². The Morgan fingerprint density at radius 2 is 1.88 bits per heavy atom. The van der Waals surface area contributed by atoms with E-state index in [4.69, 9.17) is 0 Å². The molecule has 1 aromatic carbocycles. The first kappa shape index (κ1) is 24.5. The van der Waals surface area contributed by atoms with Crippen molar-refractivity contribution in [3.8, 4) is 0 Å². The van der Waals surface area contributed by atoms with Gasteiger partial charge >= 0.3 is 6.18 Å². The van der Waals surface area contributed by atoms with Crippen molar-refractivity contribution in [2.24, 2.45) is 0 Å². The van der Waals surface area contributed by atoms with Gasteiger partial charge in [-0.05, 0) is 78.0 Å². The van der Waals surface area contributed by atoms with Gasteiger partial charge in [-0.2, -0.15) is 13.2 Å². The molecule has 1 aromatic heterocycles. The summed E-state index contributed by atoms with van der Waals surface area (Å²) in [7, 11) is 0. The van der Waals surface area contributed by atoms with Crippen molar-refractivity contribution in [3.63, 3.8) is 0 Å².